The first-order chi connectivity index (χ1) is 8.99. The van der Waals surface area contributed by atoms with E-state index in [0.29, 0.717) is 6.54 Å². The number of aliphatic hydroxyl groups is 1. The van der Waals surface area contributed by atoms with Crippen molar-refractivity contribution in [2.45, 2.75) is 25.1 Å². The lowest BCUT2D eigenvalue weighted by Gasteiger charge is -2.27. The standard InChI is InChI=1S/C11H15N3O4S/c1-13(3-7-5-19-6-12-7)11(18)14-4-8(15)2-9(14)10(16)17/h5-6,8-9,15H,2-4H2,1H3,(H,16,17)/t8-,9+/m1/s1. The Morgan fingerprint density at radius 2 is 2.37 bits per heavy atom. The van der Waals surface area contributed by atoms with Gasteiger partial charge in [-0.3, -0.25) is 0 Å². The van der Waals surface area contributed by atoms with Crippen molar-refractivity contribution in [1.29, 1.82) is 0 Å². The fourth-order valence-electron chi connectivity index (χ4n) is 2.10. The third kappa shape index (κ3) is 3.02. The first kappa shape index (κ1) is 13.8. The average molecular weight is 285 g/mol. The van der Waals surface area contributed by atoms with Crippen molar-refractivity contribution in [3.63, 3.8) is 0 Å². The second-order valence-electron chi connectivity index (χ2n) is 4.51. The zero-order valence-corrected chi connectivity index (χ0v) is 11.2. The van der Waals surface area contributed by atoms with Crippen LogP contribution in [-0.4, -0.2) is 62.7 Å². The maximum Gasteiger partial charge on any atom is 0.326 e. The van der Waals surface area contributed by atoms with Gasteiger partial charge < -0.3 is 20.0 Å². The number of urea groups is 1. The second kappa shape index (κ2) is 5.54. The molecule has 0 bridgehead atoms. The molecule has 2 N–H and O–H groups in total. The second-order valence-corrected chi connectivity index (χ2v) is 5.23. The predicted octanol–water partition coefficient (Wildman–Crippen LogP) is 0.215. The van der Waals surface area contributed by atoms with Gasteiger partial charge in [0.1, 0.15) is 6.04 Å². The molecule has 1 fully saturated rings. The highest BCUT2D eigenvalue weighted by Gasteiger charge is 2.40. The highest BCUT2D eigenvalue weighted by Crippen LogP contribution is 2.20. The maximum atomic E-state index is 12.2. The molecule has 7 nitrogen and oxygen atoms in total. The number of likely N-dealkylation sites (tertiary alicyclic amines) is 1. The highest BCUT2D eigenvalue weighted by atomic mass is 32.1. The summed E-state index contributed by atoms with van der Waals surface area (Å²) in [5, 5.41) is 20.4. The van der Waals surface area contributed by atoms with Crippen molar-refractivity contribution >= 4 is 23.3 Å². The summed E-state index contributed by atoms with van der Waals surface area (Å²) in [6.45, 7) is 0.373. The van der Waals surface area contributed by atoms with E-state index in [4.69, 9.17) is 5.11 Å². The Morgan fingerprint density at radius 3 is 2.95 bits per heavy atom. The molecule has 0 spiro atoms. The Labute approximate surface area is 114 Å². The molecule has 2 amide bonds. The number of carboxylic acid groups (broad SMARTS) is 1. The first-order valence-electron chi connectivity index (χ1n) is 5.78. The number of aromatic nitrogens is 1. The molecule has 0 unspecified atom stereocenters. The summed E-state index contributed by atoms with van der Waals surface area (Å²) in [5.41, 5.74) is 2.43. The number of carboxylic acids is 1. The maximum absolute atomic E-state index is 12.2. The number of amides is 2. The Balaban J connectivity index is 2.03. The van der Waals surface area contributed by atoms with E-state index in [1.165, 1.54) is 21.1 Å². The number of thiazole rings is 1. The number of aliphatic hydroxyl groups excluding tert-OH is 1. The molecule has 2 atom stereocenters. The first-order valence-corrected chi connectivity index (χ1v) is 6.73. The summed E-state index contributed by atoms with van der Waals surface area (Å²) in [5.74, 6) is -1.09. The predicted molar refractivity (Wildman–Crippen MR) is 67.7 cm³/mol. The van der Waals surface area contributed by atoms with Crippen molar-refractivity contribution in [2.75, 3.05) is 13.6 Å². The van der Waals surface area contributed by atoms with Crippen LogP contribution in [0, 0.1) is 0 Å². The van der Waals surface area contributed by atoms with Crippen molar-refractivity contribution in [3.8, 4) is 0 Å². The molecule has 1 saturated heterocycles. The van der Waals surface area contributed by atoms with E-state index in [0.717, 1.165) is 5.69 Å². The average Bonchev–Trinajstić information content (AvgIpc) is 2.97. The Bertz CT molecular complexity index is 465. The van der Waals surface area contributed by atoms with Gasteiger partial charge in [0.2, 0.25) is 0 Å². The summed E-state index contributed by atoms with van der Waals surface area (Å²) in [4.78, 5) is 29.9. The number of hydrogen-bond donors (Lipinski definition) is 2. The van der Waals surface area contributed by atoms with Gasteiger partial charge in [0.25, 0.3) is 0 Å². The molecule has 0 aliphatic carbocycles. The van der Waals surface area contributed by atoms with Crippen LogP contribution in [0.15, 0.2) is 10.9 Å². The lowest BCUT2D eigenvalue weighted by atomic mass is 10.2. The fourth-order valence-corrected chi connectivity index (χ4v) is 2.65. The number of carbonyl (C=O) groups is 2. The van der Waals surface area contributed by atoms with Crippen LogP contribution in [0.25, 0.3) is 0 Å². The summed E-state index contributed by atoms with van der Waals surface area (Å²) >= 11 is 1.43. The van der Waals surface area contributed by atoms with Crippen molar-refractivity contribution in [1.82, 2.24) is 14.8 Å². The van der Waals surface area contributed by atoms with Crippen molar-refractivity contribution in [3.05, 3.63) is 16.6 Å². The third-order valence-electron chi connectivity index (χ3n) is 3.02. The number of hydrogen-bond acceptors (Lipinski definition) is 5. The molecular formula is C11H15N3O4S. The Kier molecular flexibility index (Phi) is 4.01. The zero-order valence-electron chi connectivity index (χ0n) is 10.4. The van der Waals surface area contributed by atoms with E-state index in [-0.39, 0.29) is 13.0 Å². The van der Waals surface area contributed by atoms with Gasteiger partial charge in [-0.2, -0.15) is 0 Å². The van der Waals surface area contributed by atoms with E-state index >= 15 is 0 Å². The van der Waals surface area contributed by atoms with Crippen LogP contribution in [-0.2, 0) is 11.3 Å². The van der Waals surface area contributed by atoms with Gasteiger partial charge >= 0.3 is 12.0 Å². The molecule has 0 saturated carbocycles. The quantitative estimate of drug-likeness (QED) is 0.828. The van der Waals surface area contributed by atoms with Gasteiger partial charge in [-0.15, -0.1) is 11.3 Å². The van der Waals surface area contributed by atoms with Gasteiger partial charge in [0.15, 0.2) is 0 Å². The van der Waals surface area contributed by atoms with Gasteiger partial charge in [-0.05, 0) is 0 Å². The number of carbonyl (C=O) groups excluding carboxylic acids is 1. The minimum Gasteiger partial charge on any atom is -0.480 e. The van der Waals surface area contributed by atoms with Crippen molar-refractivity contribution in [2.24, 2.45) is 0 Å². The summed E-state index contributed by atoms with van der Waals surface area (Å²) in [6, 6.07) is -1.36. The van der Waals surface area contributed by atoms with Crippen LogP contribution in [0.5, 0.6) is 0 Å². The fraction of sp³-hybridized carbons (Fsp3) is 0.545. The molecule has 2 heterocycles. The van der Waals surface area contributed by atoms with E-state index < -0.39 is 24.1 Å². The number of aliphatic carboxylic acids is 1. The van der Waals surface area contributed by atoms with Gasteiger partial charge in [0.05, 0.1) is 23.9 Å². The minimum absolute atomic E-state index is 0.0528. The van der Waals surface area contributed by atoms with E-state index in [9.17, 15) is 14.7 Å². The lowest BCUT2D eigenvalue weighted by molar-refractivity contribution is -0.141. The smallest absolute Gasteiger partial charge is 0.326 e. The van der Waals surface area contributed by atoms with Crippen LogP contribution < -0.4 is 0 Å². The molecule has 19 heavy (non-hydrogen) atoms. The van der Waals surface area contributed by atoms with E-state index in [2.05, 4.69) is 4.98 Å². The van der Waals surface area contributed by atoms with Gasteiger partial charge in [-0.1, -0.05) is 0 Å². The normalized spacial score (nSPS) is 22.5. The molecular weight excluding hydrogens is 270 g/mol. The van der Waals surface area contributed by atoms with Crippen LogP contribution >= 0.6 is 11.3 Å². The highest BCUT2D eigenvalue weighted by molar-refractivity contribution is 7.07. The molecule has 1 aromatic rings. The van der Waals surface area contributed by atoms with Gasteiger partial charge in [0, 0.05) is 25.4 Å². The van der Waals surface area contributed by atoms with Crippen LogP contribution in [0.1, 0.15) is 12.1 Å². The molecule has 0 aromatic carbocycles. The topological polar surface area (TPSA) is 94.0 Å². The van der Waals surface area contributed by atoms with E-state index in [1.54, 1.807) is 12.6 Å². The van der Waals surface area contributed by atoms with Crippen LogP contribution in [0.3, 0.4) is 0 Å². The van der Waals surface area contributed by atoms with Crippen LogP contribution in [0.2, 0.25) is 0 Å². The number of rotatable bonds is 3. The summed E-state index contributed by atoms with van der Waals surface area (Å²) < 4.78 is 0. The molecule has 1 aromatic heterocycles. The molecule has 1 aliphatic heterocycles. The third-order valence-corrected chi connectivity index (χ3v) is 3.65. The minimum atomic E-state index is -1.09. The largest absolute Gasteiger partial charge is 0.480 e. The Hall–Kier alpha value is -1.67. The SMILES string of the molecule is CN(Cc1cscn1)C(=O)N1C[C@H](O)C[C@H]1C(=O)O. The van der Waals surface area contributed by atoms with E-state index in [1.807, 2.05) is 5.38 Å². The molecule has 1 aliphatic rings. The molecule has 0 radical (unpaired) electrons. The van der Waals surface area contributed by atoms with Gasteiger partial charge in [-0.25, -0.2) is 14.6 Å². The Morgan fingerprint density at radius 1 is 1.63 bits per heavy atom. The number of nitrogens with zero attached hydrogens (tertiary/aromatic N) is 3. The monoisotopic (exact) mass is 285 g/mol. The summed E-state index contributed by atoms with van der Waals surface area (Å²) in [6.07, 6.45) is -0.705. The number of β-amino-alcohol motifs (C(OH)–C–C–N with tert-alkyl or cyclic N) is 1. The molecule has 2 rings (SSSR count). The molecule has 104 valence electrons. The van der Waals surface area contributed by atoms with Crippen molar-refractivity contribution < 1.29 is 19.8 Å². The molecule has 8 heteroatoms. The zero-order chi connectivity index (χ0) is 14.0. The lowest BCUT2D eigenvalue weighted by Crippen LogP contribution is -2.46. The summed E-state index contributed by atoms with van der Waals surface area (Å²) in [7, 11) is 1.59. The van der Waals surface area contributed by atoms with Crippen LogP contribution in [0.4, 0.5) is 4.79 Å².